The highest BCUT2D eigenvalue weighted by Crippen LogP contribution is 2.42. The lowest BCUT2D eigenvalue weighted by Crippen LogP contribution is -2.20. The van der Waals surface area contributed by atoms with E-state index in [1.54, 1.807) is 0 Å². The highest BCUT2D eigenvalue weighted by molar-refractivity contribution is 6.17. The van der Waals surface area contributed by atoms with Crippen molar-refractivity contribution in [3.8, 4) is 5.75 Å². The maximum Gasteiger partial charge on any atom is 0.329 e. The van der Waals surface area contributed by atoms with Crippen molar-refractivity contribution in [3.05, 3.63) is 82.9 Å². The van der Waals surface area contributed by atoms with Crippen molar-refractivity contribution in [2.75, 3.05) is 6.61 Å². The highest BCUT2D eigenvalue weighted by atomic mass is 16.7. The molecule has 0 aliphatic carbocycles. The molecule has 0 radical (unpaired) electrons. The fourth-order valence-electron chi connectivity index (χ4n) is 4.53. The molecule has 0 atom stereocenters. The molecule has 0 amide bonds. The van der Waals surface area contributed by atoms with Gasteiger partial charge in [0.2, 0.25) is 0 Å². The summed E-state index contributed by atoms with van der Waals surface area (Å²) in [5, 5.41) is 1.90. The van der Waals surface area contributed by atoms with Crippen LogP contribution in [0.4, 0.5) is 0 Å². The summed E-state index contributed by atoms with van der Waals surface area (Å²) in [6.45, 7) is 6.51. The fraction of sp³-hybridized carbons (Fsp3) is 0.185. The van der Waals surface area contributed by atoms with Gasteiger partial charge in [-0.25, -0.2) is 5.48 Å². The Bertz CT molecular complexity index is 1460. The Hall–Kier alpha value is -4.06. The first kappa shape index (κ1) is 20.8. The molecule has 0 spiro atoms. The van der Waals surface area contributed by atoms with Crippen molar-refractivity contribution in [2.24, 2.45) is 0 Å². The Morgan fingerprint density at radius 2 is 1.88 bits per heavy atom. The van der Waals surface area contributed by atoms with Gasteiger partial charge in [-0.3, -0.25) is 9.59 Å². The van der Waals surface area contributed by atoms with Gasteiger partial charge in [-0.15, -0.1) is 0 Å². The molecule has 2 heterocycles. The standard InChI is InChI=1S/C27H24N2O4/c1-4-29-23-11-9-18(26(31)19-8-6-5-7-16(19)2)15-21(23)25-24(29)12-10-20-22(28-33-17(3)30)13-14-32-27(20)25/h5-13,15,28H,4,14H2,1-3H3. The minimum atomic E-state index is -0.424. The molecular formula is C27H24N2O4. The third-order valence-corrected chi connectivity index (χ3v) is 6.06. The van der Waals surface area contributed by atoms with E-state index in [1.165, 1.54) is 6.92 Å². The summed E-state index contributed by atoms with van der Waals surface area (Å²) in [7, 11) is 0. The second kappa shape index (κ2) is 8.13. The third kappa shape index (κ3) is 3.44. The lowest BCUT2D eigenvalue weighted by Gasteiger charge is -2.20. The normalized spacial score (nSPS) is 12.8. The van der Waals surface area contributed by atoms with Gasteiger partial charge < -0.3 is 14.1 Å². The van der Waals surface area contributed by atoms with E-state index in [9.17, 15) is 9.59 Å². The van der Waals surface area contributed by atoms with Crippen LogP contribution in [0.25, 0.3) is 27.5 Å². The lowest BCUT2D eigenvalue weighted by atomic mass is 9.97. The van der Waals surface area contributed by atoms with Crippen molar-refractivity contribution in [1.29, 1.82) is 0 Å². The first-order valence-electron chi connectivity index (χ1n) is 11.0. The number of aryl methyl sites for hydroxylation is 2. The van der Waals surface area contributed by atoms with E-state index < -0.39 is 5.97 Å². The summed E-state index contributed by atoms with van der Waals surface area (Å²) in [6, 6.07) is 17.5. The molecule has 1 aliphatic rings. The topological polar surface area (TPSA) is 69.6 Å². The predicted octanol–water partition coefficient (Wildman–Crippen LogP) is 5.15. The molecule has 4 aromatic rings. The molecule has 6 nitrogen and oxygen atoms in total. The zero-order chi connectivity index (χ0) is 23.1. The summed E-state index contributed by atoms with van der Waals surface area (Å²) >= 11 is 0. The number of nitrogens with one attached hydrogen (secondary N) is 1. The maximum absolute atomic E-state index is 13.3. The van der Waals surface area contributed by atoms with Crippen molar-refractivity contribution >= 4 is 39.3 Å². The van der Waals surface area contributed by atoms with E-state index in [0.29, 0.717) is 29.2 Å². The van der Waals surface area contributed by atoms with Crippen LogP contribution in [-0.2, 0) is 16.2 Å². The molecule has 3 aromatic carbocycles. The number of fused-ring (bicyclic) bond motifs is 5. The van der Waals surface area contributed by atoms with Crippen molar-refractivity contribution < 1.29 is 19.2 Å². The number of hydroxylamine groups is 1. The Balaban J connectivity index is 1.71. The molecule has 166 valence electrons. The second-order valence-corrected chi connectivity index (χ2v) is 8.08. The Morgan fingerprint density at radius 3 is 2.64 bits per heavy atom. The minimum Gasteiger partial charge on any atom is -0.488 e. The Labute approximate surface area is 191 Å². The molecule has 0 saturated heterocycles. The summed E-state index contributed by atoms with van der Waals surface area (Å²) in [6.07, 6.45) is 1.84. The van der Waals surface area contributed by atoms with Crippen molar-refractivity contribution in [3.63, 3.8) is 0 Å². The number of benzene rings is 3. The number of hydrogen-bond acceptors (Lipinski definition) is 5. The first-order valence-corrected chi connectivity index (χ1v) is 11.0. The molecule has 5 rings (SSSR count). The van der Waals surface area contributed by atoms with E-state index in [1.807, 2.05) is 67.6 Å². The number of hydrogen-bond donors (Lipinski definition) is 1. The fourth-order valence-corrected chi connectivity index (χ4v) is 4.53. The molecule has 6 heteroatoms. The van der Waals surface area contributed by atoms with Crippen LogP contribution in [0.5, 0.6) is 5.75 Å². The zero-order valence-corrected chi connectivity index (χ0v) is 18.8. The number of ketones is 1. The average Bonchev–Trinajstić information content (AvgIpc) is 3.15. The van der Waals surface area contributed by atoms with Crippen LogP contribution >= 0.6 is 0 Å². The van der Waals surface area contributed by atoms with Crippen LogP contribution in [0.2, 0.25) is 0 Å². The van der Waals surface area contributed by atoms with E-state index in [4.69, 9.17) is 9.57 Å². The number of carbonyl (C=O) groups is 2. The Kier molecular flexibility index (Phi) is 5.13. The first-order chi connectivity index (χ1) is 16.0. The summed E-state index contributed by atoms with van der Waals surface area (Å²) in [5.41, 5.74) is 8.57. The largest absolute Gasteiger partial charge is 0.488 e. The van der Waals surface area contributed by atoms with Crippen LogP contribution in [-0.4, -0.2) is 22.9 Å². The van der Waals surface area contributed by atoms with Gasteiger partial charge in [0.1, 0.15) is 12.4 Å². The van der Waals surface area contributed by atoms with Crippen molar-refractivity contribution in [1.82, 2.24) is 10.0 Å². The molecule has 1 aliphatic heterocycles. The molecule has 0 saturated carbocycles. The smallest absolute Gasteiger partial charge is 0.329 e. The molecule has 0 fully saturated rings. The highest BCUT2D eigenvalue weighted by Gasteiger charge is 2.23. The van der Waals surface area contributed by atoms with Gasteiger partial charge in [-0.1, -0.05) is 24.3 Å². The number of aromatic nitrogens is 1. The summed E-state index contributed by atoms with van der Waals surface area (Å²) in [4.78, 5) is 29.6. The summed E-state index contributed by atoms with van der Waals surface area (Å²) < 4.78 is 8.30. The molecular weight excluding hydrogens is 416 g/mol. The average molecular weight is 440 g/mol. The van der Waals surface area contributed by atoms with Crippen molar-refractivity contribution in [2.45, 2.75) is 27.3 Å². The van der Waals surface area contributed by atoms with E-state index >= 15 is 0 Å². The third-order valence-electron chi connectivity index (χ3n) is 6.06. The minimum absolute atomic E-state index is 0.00442. The number of ether oxygens (including phenoxy) is 1. The van der Waals surface area contributed by atoms with Gasteiger partial charge in [0.15, 0.2) is 5.78 Å². The van der Waals surface area contributed by atoms with E-state index in [-0.39, 0.29) is 5.78 Å². The van der Waals surface area contributed by atoms with Gasteiger partial charge in [-0.2, -0.15) is 0 Å². The van der Waals surface area contributed by atoms with Gasteiger partial charge in [0.25, 0.3) is 0 Å². The molecule has 1 N–H and O–H groups in total. The van der Waals surface area contributed by atoms with Gasteiger partial charge >= 0.3 is 5.97 Å². The molecule has 0 bridgehead atoms. The quantitative estimate of drug-likeness (QED) is 0.343. The van der Waals surface area contributed by atoms with E-state index in [2.05, 4.69) is 17.0 Å². The Morgan fingerprint density at radius 1 is 1.09 bits per heavy atom. The van der Waals surface area contributed by atoms with E-state index in [0.717, 1.165) is 39.5 Å². The van der Waals surface area contributed by atoms with Crippen LogP contribution in [0.3, 0.4) is 0 Å². The van der Waals surface area contributed by atoms with Crippen LogP contribution in [0.1, 0.15) is 40.9 Å². The zero-order valence-electron chi connectivity index (χ0n) is 18.8. The summed E-state index contributed by atoms with van der Waals surface area (Å²) in [5.74, 6) is 0.282. The monoisotopic (exact) mass is 440 g/mol. The predicted molar refractivity (Wildman–Crippen MR) is 128 cm³/mol. The number of nitrogens with zero attached hydrogens (tertiary/aromatic N) is 1. The van der Waals surface area contributed by atoms with Crippen LogP contribution < -0.4 is 10.2 Å². The second-order valence-electron chi connectivity index (χ2n) is 8.08. The number of carbonyl (C=O) groups excluding carboxylic acids is 2. The van der Waals surface area contributed by atoms with Gasteiger partial charge in [-0.05, 0) is 55.8 Å². The SMILES string of the molecule is CCn1c2ccc(C(=O)c3ccccc3C)cc2c2c3c(ccc21)C(NOC(C)=O)=CCO3. The van der Waals surface area contributed by atoms with Gasteiger partial charge in [0.05, 0.1) is 16.6 Å². The van der Waals surface area contributed by atoms with Crippen LogP contribution in [0, 0.1) is 6.92 Å². The molecule has 0 unspecified atom stereocenters. The number of rotatable bonds is 5. The molecule has 33 heavy (non-hydrogen) atoms. The molecule has 1 aromatic heterocycles. The van der Waals surface area contributed by atoms with Gasteiger partial charge in [0, 0.05) is 41.1 Å². The lowest BCUT2D eigenvalue weighted by molar-refractivity contribution is -0.145. The maximum atomic E-state index is 13.3. The van der Waals surface area contributed by atoms with Crippen LogP contribution in [0.15, 0.2) is 60.7 Å².